The van der Waals surface area contributed by atoms with E-state index in [1.807, 2.05) is 36.4 Å². The summed E-state index contributed by atoms with van der Waals surface area (Å²) in [5.41, 5.74) is 1.96. The average molecular weight is 376 g/mol. The maximum absolute atomic E-state index is 12.6. The van der Waals surface area contributed by atoms with Crippen LogP contribution in [0.3, 0.4) is 0 Å². The highest BCUT2D eigenvalue weighted by Crippen LogP contribution is 2.39. The largest absolute Gasteiger partial charge is 0.458 e. The average Bonchev–Trinajstić information content (AvgIpc) is 3.45. The quantitative estimate of drug-likeness (QED) is 0.733. The van der Waals surface area contributed by atoms with Crippen LogP contribution in [0, 0.1) is 0 Å². The van der Waals surface area contributed by atoms with Gasteiger partial charge >= 0.3 is 0 Å². The Kier molecular flexibility index (Phi) is 4.28. The number of H-pyrrole nitrogens is 1. The van der Waals surface area contributed by atoms with Crippen molar-refractivity contribution in [3.8, 4) is 11.5 Å². The Morgan fingerprint density at radius 3 is 2.68 bits per heavy atom. The number of nitrogens with one attached hydrogen (secondary N) is 2. The molecule has 1 amide bonds. The van der Waals surface area contributed by atoms with Crippen LogP contribution < -0.4 is 5.32 Å². The zero-order valence-corrected chi connectivity index (χ0v) is 15.7. The summed E-state index contributed by atoms with van der Waals surface area (Å²) in [7, 11) is 0. The van der Waals surface area contributed by atoms with Crippen molar-refractivity contribution in [3.05, 3.63) is 66.1 Å². The van der Waals surface area contributed by atoms with Crippen LogP contribution >= 0.6 is 0 Å². The molecule has 0 aliphatic carbocycles. The summed E-state index contributed by atoms with van der Waals surface area (Å²) >= 11 is 0. The molecular weight excluding hydrogens is 352 g/mol. The molecule has 0 saturated carbocycles. The van der Waals surface area contributed by atoms with E-state index in [0.717, 1.165) is 61.7 Å². The second-order valence-corrected chi connectivity index (χ2v) is 7.95. The summed E-state index contributed by atoms with van der Waals surface area (Å²) in [6.07, 6.45) is 4.58. The smallest absolute Gasteiger partial charge is 0.228 e. The maximum atomic E-state index is 12.6. The first-order chi connectivity index (χ1) is 13.7. The summed E-state index contributed by atoms with van der Waals surface area (Å²) in [4.78, 5) is 15.0. The highest BCUT2D eigenvalue weighted by molar-refractivity contribution is 5.87. The molecule has 2 aliphatic rings. The van der Waals surface area contributed by atoms with Crippen molar-refractivity contribution in [2.75, 3.05) is 13.1 Å². The van der Waals surface area contributed by atoms with Crippen molar-refractivity contribution in [2.24, 2.45) is 0 Å². The molecule has 2 aliphatic heterocycles. The summed E-state index contributed by atoms with van der Waals surface area (Å²) in [6.45, 7) is 2.71. The van der Waals surface area contributed by atoms with E-state index >= 15 is 0 Å². The summed E-state index contributed by atoms with van der Waals surface area (Å²) in [5.74, 6) is 1.93. The molecule has 1 spiro atoms. The number of likely N-dealkylation sites (tertiary alicyclic amines) is 1. The number of aromatic amines is 1. The number of benzene rings is 1. The predicted molar refractivity (Wildman–Crippen MR) is 105 cm³/mol. The number of hydrogen-bond donors (Lipinski definition) is 2. The van der Waals surface area contributed by atoms with Crippen LogP contribution in [0.1, 0.15) is 36.5 Å². The van der Waals surface area contributed by atoms with Crippen LogP contribution in [0.15, 0.2) is 59.1 Å². The molecule has 5 rings (SSSR count). The topological polar surface area (TPSA) is 74.2 Å². The Hall–Kier alpha value is -2.86. The van der Waals surface area contributed by atoms with E-state index in [-0.39, 0.29) is 17.4 Å². The van der Waals surface area contributed by atoms with E-state index in [2.05, 4.69) is 32.5 Å². The van der Waals surface area contributed by atoms with Gasteiger partial charge in [0.25, 0.3) is 0 Å². The normalized spacial score (nSPS) is 21.9. The molecule has 144 valence electrons. The monoisotopic (exact) mass is 376 g/mol. The number of hydrogen-bond acceptors (Lipinski definition) is 4. The van der Waals surface area contributed by atoms with Crippen LogP contribution in [-0.2, 0) is 11.3 Å². The lowest BCUT2D eigenvalue weighted by molar-refractivity contribution is -0.121. The zero-order valence-electron chi connectivity index (χ0n) is 15.7. The van der Waals surface area contributed by atoms with Gasteiger partial charge in [0.2, 0.25) is 5.91 Å². The van der Waals surface area contributed by atoms with Crippen LogP contribution in [0.25, 0.3) is 11.5 Å². The molecule has 0 radical (unpaired) electrons. The predicted octanol–water partition coefficient (Wildman–Crippen LogP) is 3.31. The second-order valence-electron chi connectivity index (χ2n) is 7.95. The number of nitrogens with zero attached hydrogens (tertiary/aromatic N) is 2. The van der Waals surface area contributed by atoms with E-state index in [0.29, 0.717) is 0 Å². The van der Waals surface area contributed by atoms with Crippen LogP contribution in [-0.4, -0.2) is 39.6 Å². The first-order valence-corrected chi connectivity index (χ1v) is 9.89. The van der Waals surface area contributed by atoms with E-state index in [4.69, 9.17) is 4.42 Å². The van der Waals surface area contributed by atoms with Crippen LogP contribution in [0.2, 0.25) is 0 Å². The fourth-order valence-corrected chi connectivity index (χ4v) is 4.53. The van der Waals surface area contributed by atoms with Crippen molar-refractivity contribution in [1.29, 1.82) is 0 Å². The van der Waals surface area contributed by atoms with Crippen molar-refractivity contribution >= 4 is 5.91 Å². The molecule has 2 aromatic heterocycles. The lowest BCUT2D eigenvalue weighted by Crippen LogP contribution is -2.50. The third kappa shape index (κ3) is 3.24. The van der Waals surface area contributed by atoms with Gasteiger partial charge in [-0.3, -0.25) is 14.8 Å². The Labute approximate surface area is 163 Å². The van der Waals surface area contributed by atoms with Crippen molar-refractivity contribution < 1.29 is 9.21 Å². The zero-order chi connectivity index (χ0) is 19.0. The highest BCUT2D eigenvalue weighted by Gasteiger charge is 2.46. The minimum absolute atomic E-state index is 0.0187. The first-order valence-electron chi connectivity index (χ1n) is 9.89. The van der Waals surface area contributed by atoms with Crippen molar-refractivity contribution in [3.63, 3.8) is 0 Å². The third-order valence-electron chi connectivity index (χ3n) is 6.12. The molecule has 1 unspecified atom stereocenters. The third-order valence-corrected chi connectivity index (χ3v) is 6.12. The Morgan fingerprint density at radius 2 is 1.93 bits per heavy atom. The van der Waals surface area contributed by atoms with Gasteiger partial charge in [0, 0.05) is 24.8 Å². The SMILES string of the molecule is O=C1NC2(CCN(Cc3ccc(-c4ccn[nH]4)o3)CC2)CC1c1ccccc1. The minimum Gasteiger partial charge on any atom is -0.458 e. The molecule has 1 atom stereocenters. The number of carbonyl (C=O) groups is 1. The maximum Gasteiger partial charge on any atom is 0.228 e. The van der Waals surface area contributed by atoms with E-state index < -0.39 is 0 Å². The first kappa shape index (κ1) is 17.3. The number of amides is 1. The van der Waals surface area contributed by atoms with Gasteiger partial charge in [-0.25, -0.2) is 0 Å². The van der Waals surface area contributed by atoms with Gasteiger partial charge in [-0.1, -0.05) is 30.3 Å². The summed E-state index contributed by atoms with van der Waals surface area (Å²) < 4.78 is 5.96. The number of carbonyl (C=O) groups excluding carboxylic acids is 1. The molecular formula is C22H24N4O2. The minimum atomic E-state index is -0.0572. The van der Waals surface area contributed by atoms with E-state index in [1.165, 1.54) is 0 Å². The Balaban J connectivity index is 1.20. The standard InChI is InChI=1S/C22H24N4O2/c27-21-18(16-4-2-1-3-5-16)14-22(24-21)9-12-26(13-10-22)15-17-6-7-20(28-17)19-8-11-23-25-19/h1-8,11,18H,9-10,12-15H2,(H,23,25)(H,24,27). The lowest BCUT2D eigenvalue weighted by atomic mass is 9.82. The highest BCUT2D eigenvalue weighted by atomic mass is 16.3. The van der Waals surface area contributed by atoms with Gasteiger partial charge in [-0.2, -0.15) is 5.10 Å². The number of piperidine rings is 1. The lowest BCUT2D eigenvalue weighted by Gasteiger charge is -2.39. The summed E-state index contributed by atoms with van der Waals surface area (Å²) in [5, 5.41) is 10.2. The molecule has 4 heterocycles. The molecule has 28 heavy (non-hydrogen) atoms. The fraction of sp³-hybridized carbons (Fsp3) is 0.364. The van der Waals surface area contributed by atoms with Crippen LogP contribution in [0.5, 0.6) is 0 Å². The number of furan rings is 1. The fourth-order valence-electron chi connectivity index (χ4n) is 4.53. The summed E-state index contributed by atoms with van der Waals surface area (Å²) in [6, 6.07) is 16.1. The molecule has 6 heteroatoms. The van der Waals surface area contributed by atoms with Gasteiger partial charge in [0.05, 0.1) is 12.5 Å². The second kappa shape index (κ2) is 6.95. The molecule has 0 bridgehead atoms. The number of aromatic nitrogens is 2. The van der Waals surface area contributed by atoms with E-state index in [9.17, 15) is 4.79 Å². The van der Waals surface area contributed by atoms with Crippen LogP contribution in [0.4, 0.5) is 0 Å². The Morgan fingerprint density at radius 1 is 1.11 bits per heavy atom. The van der Waals surface area contributed by atoms with Gasteiger partial charge in [0.15, 0.2) is 5.76 Å². The van der Waals surface area contributed by atoms with Gasteiger partial charge in [-0.15, -0.1) is 0 Å². The molecule has 2 N–H and O–H groups in total. The van der Waals surface area contributed by atoms with Gasteiger partial charge in [0.1, 0.15) is 11.5 Å². The van der Waals surface area contributed by atoms with E-state index in [1.54, 1.807) is 6.20 Å². The molecule has 1 aromatic carbocycles. The molecule has 2 saturated heterocycles. The Bertz CT molecular complexity index is 940. The van der Waals surface area contributed by atoms with Gasteiger partial charge in [-0.05, 0) is 43.0 Å². The van der Waals surface area contributed by atoms with Crippen molar-refractivity contribution in [1.82, 2.24) is 20.4 Å². The molecule has 2 fully saturated rings. The molecule has 3 aromatic rings. The van der Waals surface area contributed by atoms with Crippen molar-refractivity contribution in [2.45, 2.75) is 37.3 Å². The van der Waals surface area contributed by atoms with Gasteiger partial charge < -0.3 is 9.73 Å². The number of rotatable bonds is 4. The molecule has 6 nitrogen and oxygen atoms in total.